The van der Waals surface area contributed by atoms with E-state index in [1.165, 1.54) is 0 Å². The number of hydrogen-bond acceptors (Lipinski definition) is 2. The van der Waals surface area contributed by atoms with E-state index in [0.717, 1.165) is 0 Å². The Bertz CT molecular complexity index is 162. The summed E-state index contributed by atoms with van der Waals surface area (Å²) >= 11 is -0.118. The van der Waals surface area contributed by atoms with E-state index in [1.54, 1.807) is 13.8 Å². The van der Waals surface area contributed by atoms with Crippen LogP contribution in [-0.2, 0) is 9.59 Å². The van der Waals surface area contributed by atoms with Crippen molar-refractivity contribution in [2.24, 2.45) is 0 Å². The molecule has 0 spiro atoms. The molecule has 0 aliphatic heterocycles. The van der Waals surface area contributed by atoms with Crippen LogP contribution in [0, 0.1) is 0 Å². The molecule has 2 N–H and O–H groups in total. The summed E-state index contributed by atoms with van der Waals surface area (Å²) in [5.74, 6) is -1.65. The van der Waals surface area contributed by atoms with E-state index < -0.39 is 11.9 Å². The Balaban J connectivity index is 3.68. The Morgan fingerprint density at radius 1 is 1.00 bits per heavy atom. The van der Waals surface area contributed by atoms with Crippen LogP contribution in [-0.4, -0.2) is 48.4 Å². The van der Waals surface area contributed by atoms with Crippen molar-refractivity contribution >= 4 is 38.2 Å². The zero-order valence-corrected chi connectivity index (χ0v) is 10.1. The van der Waals surface area contributed by atoms with Crippen LogP contribution in [0.25, 0.3) is 0 Å². The van der Waals surface area contributed by atoms with Gasteiger partial charge in [0.2, 0.25) is 0 Å². The molecule has 6 heteroatoms. The monoisotopic (exact) mass is 306 g/mol. The van der Waals surface area contributed by atoms with Gasteiger partial charge in [0, 0.05) is 0 Å². The molecule has 0 saturated heterocycles. The average Bonchev–Trinajstić information content (AvgIpc) is 1.98. The first kappa shape index (κ1) is 12.0. The second-order valence-electron chi connectivity index (χ2n) is 2.15. The number of carboxylic acids is 2. The summed E-state index contributed by atoms with van der Waals surface area (Å²) in [6.07, 6.45) is 0. The fourth-order valence-corrected chi connectivity index (χ4v) is 6.72. The zero-order valence-electron chi connectivity index (χ0n) is 6.68. The normalized spacial score (nSPS) is 15.2. The molecule has 0 aliphatic carbocycles. The molecule has 0 aromatic carbocycles. The second kappa shape index (κ2) is 5.59. The zero-order chi connectivity index (χ0) is 9.72. The third-order valence-corrected chi connectivity index (χ3v) is 10.8. The molecule has 2 unspecified atom stereocenters. The van der Waals surface area contributed by atoms with Crippen LogP contribution in [0.3, 0.4) is 0 Å². The van der Waals surface area contributed by atoms with Crippen LogP contribution in [0.2, 0.25) is 9.63 Å². The van der Waals surface area contributed by atoms with Crippen LogP contribution in [0.4, 0.5) is 0 Å². The van der Waals surface area contributed by atoms with E-state index >= 15 is 0 Å². The number of carboxylic acid groups (broad SMARTS) is 2. The first-order chi connectivity index (χ1) is 5.45. The fraction of sp³-hybridized carbons (Fsp3) is 0.667. The van der Waals surface area contributed by atoms with Gasteiger partial charge in [-0.25, -0.2) is 0 Å². The quantitative estimate of drug-likeness (QED) is 0.706. The van der Waals surface area contributed by atoms with Gasteiger partial charge in [0.1, 0.15) is 0 Å². The second-order valence-corrected chi connectivity index (χ2v) is 10.1. The molecule has 2 atom stereocenters. The van der Waals surface area contributed by atoms with Crippen molar-refractivity contribution in [1.82, 2.24) is 0 Å². The molecule has 0 aromatic rings. The van der Waals surface area contributed by atoms with E-state index in [-0.39, 0.29) is 35.9 Å². The molecular weight excluding hydrogens is 294 g/mol. The Hall–Kier alpha value is -0.0210. The van der Waals surface area contributed by atoms with Crippen molar-refractivity contribution in [3.63, 3.8) is 0 Å². The van der Waals surface area contributed by atoms with Gasteiger partial charge in [0.15, 0.2) is 0 Å². The molecule has 0 saturated carbocycles. The number of hydrogen-bond donors (Lipinski definition) is 2. The van der Waals surface area contributed by atoms with Gasteiger partial charge in [-0.3, -0.25) is 0 Å². The standard InChI is InChI=1S/C6H10O4Se2/c1-3(5(7)8)11-12-4(2)6(9)10/h3-4H,1-2H3,(H,7,8)(H,9,10). The number of aliphatic carboxylic acids is 2. The van der Waals surface area contributed by atoms with Crippen LogP contribution in [0.5, 0.6) is 0 Å². The van der Waals surface area contributed by atoms with Gasteiger partial charge in [-0.2, -0.15) is 0 Å². The predicted octanol–water partition coefficient (Wildman–Crippen LogP) is 0.0958. The molecule has 0 aromatic heterocycles. The number of rotatable bonds is 5. The van der Waals surface area contributed by atoms with E-state index in [2.05, 4.69) is 0 Å². The third-order valence-electron chi connectivity index (χ3n) is 1.04. The van der Waals surface area contributed by atoms with Gasteiger partial charge in [-0.05, 0) is 0 Å². The summed E-state index contributed by atoms with van der Waals surface area (Å²) in [5, 5.41) is 17.0. The van der Waals surface area contributed by atoms with Crippen LogP contribution in [0.15, 0.2) is 0 Å². The maximum atomic E-state index is 10.4. The maximum absolute atomic E-state index is 10.4. The van der Waals surface area contributed by atoms with Crippen LogP contribution < -0.4 is 0 Å². The SMILES string of the molecule is CC([Se][Se]C(C)C(=O)O)C(=O)O. The van der Waals surface area contributed by atoms with Crippen LogP contribution in [0.1, 0.15) is 13.8 Å². The predicted molar refractivity (Wildman–Crippen MR) is 45.6 cm³/mol. The van der Waals surface area contributed by atoms with E-state index in [4.69, 9.17) is 10.2 Å². The van der Waals surface area contributed by atoms with Crippen molar-refractivity contribution in [1.29, 1.82) is 0 Å². The average molecular weight is 304 g/mol. The molecule has 0 radical (unpaired) electrons. The molecule has 0 heterocycles. The summed E-state index contributed by atoms with van der Waals surface area (Å²) in [7, 11) is 0. The van der Waals surface area contributed by atoms with E-state index in [1.807, 2.05) is 0 Å². The van der Waals surface area contributed by atoms with Crippen molar-refractivity contribution < 1.29 is 19.8 Å². The van der Waals surface area contributed by atoms with Crippen molar-refractivity contribution in [2.75, 3.05) is 0 Å². The Labute approximate surface area is 81.6 Å². The summed E-state index contributed by atoms with van der Waals surface area (Å²) < 4.78 is 0. The van der Waals surface area contributed by atoms with Gasteiger partial charge < -0.3 is 0 Å². The van der Waals surface area contributed by atoms with Gasteiger partial charge in [-0.15, -0.1) is 0 Å². The molecule has 4 nitrogen and oxygen atoms in total. The molecule has 70 valence electrons. The van der Waals surface area contributed by atoms with E-state index in [0.29, 0.717) is 0 Å². The summed E-state index contributed by atoms with van der Waals surface area (Å²) in [6, 6.07) is 0. The minimum atomic E-state index is -0.825. The van der Waals surface area contributed by atoms with Gasteiger partial charge in [-0.1, -0.05) is 0 Å². The summed E-state index contributed by atoms with van der Waals surface area (Å²) in [4.78, 5) is 20.0. The Morgan fingerprint density at radius 3 is 1.42 bits per heavy atom. The molecule has 0 rings (SSSR count). The summed E-state index contributed by atoms with van der Waals surface area (Å²) in [5.41, 5.74) is 0. The first-order valence-electron chi connectivity index (χ1n) is 3.23. The van der Waals surface area contributed by atoms with Crippen molar-refractivity contribution in [3.05, 3.63) is 0 Å². The first-order valence-corrected chi connectivity index (χ1v) is 9.54. The van der Waals surface area contributed by atoms with Gasteiger partial charge >= 0.3 is 81.5 Å². The topological polar surface area (TPSA) is 74.6 Å². The molecule has 0 fully saturated rings. The molecule has 0 amide bonds. The minimum absolute atomic E-state index is 0.0589. The molecule has 0 bridgehead atoms. The number of carbonyl (C=O) groups is 2. The molecular formula is C6H10O4Se2. The van der Waals surface area contributed by atoms with Crippen molar-refractivity contribution in [3.8, 4) is 0 Å². The fourth-order valence-electron chi connectivity index (χ4n) is 0.249. The Morgan fingerprint density at radius 2 is 1.25 bits per heavy atom. The van der Waals surface area contributed by atoms with Crippen molar-refractivity contribution in [2.45, 2.75) is 23.5 Å². The molecule has 0 aliphatic rings. The van der Waals surface area contributed by atoms with Gasteiger partial charge in [0.05, 0.1) is 0 Å². The van der Waals surface area contributed by atoms with E-state index in [9.17, 15) is 9.59 Å². The summed E-state index contributed by atoms with van der Waals surface area (Å²) in [6.45, 7) is 3.25. The van der Waals surface area contributed by atoms with Gasteiger partial charge in [0.25, 0.3) is 0 Å². The third kappa shape index (κ3) is 4.78. The molecule has 12 heavy (non-hydrogen) atoms. The Kier molecular flexibility index (Phi) is 5.58. The van der Waals surface area contributed by atoms with Crippen LogP contribution >= 0.6 is 0 Å².